The summed E-state index contributed by atoms with van der Waals surface area (Å²) in [5, 5.41) is 4.09. The minimum absolute atomic E-state index is 0. The molecule has 4 heteroatoms. The van der Waals surface area contributed by atoms with E-state index in [0.717, 1.165) is 22.5 Å². The van der Waals surface area contributed by atoms with Gasteiger partial charge in [-0.15, -0.1) is 78.4 Å². The molecule has 131 valence electrons. The summed E-state index contributed by atoms with van der Waals surface area (Å²) in [4.78, 5) is 4.22. The Kier molecular flexibility index (Phi) is 7.69. The van der Waals surface area contributed by atoms with Gasteiger partial charge in [-0.3, -0.25) is 4.68 Å². The van der Waals surface area contributed by atoms with Gasteiger partial charge < -0.3 is 4.98 Å². The van der Waals surface area contributed by atoms with Gasteiger partial charge in [0.1, 0.15) is 0 Å². The van der Waals surface area contributed by atoms with E-state index in [4.69, 9.17) is 0 Å². The first-order valence-corrected chi connectivity index (χ1v) is 7.89. The molecular formula is C22H17IrN3-2. The van der Waals surface area contributed by atoms with Crippen molar-refractivity contribution < 1.29 is 20.1 Å². The first-order chi connectivity index (χ1) is 12.3. The van der Waals surface area contributed by atoms with Crippen LogP contribution in [0.2, 0.25) is 0 Å². The van der Waals surface area contributed by atoms with Crippen LogP contribution < -0.4 is 0 Å². The number of aromatic nitrogens is 3. The average Bonchev–Trinajstić information content (AvgIpc) is 3.25. The Morgan fingerprint density at radius 1 is 0.846 bits per heavy atom. The molecule has 4 aromatic rings. The largest absolute Gasteiger partial charge is 0.305 e. The third kappa shape index (κ3) is 5.35. The van der Waals surface area contributed by atoms with Gasteiger partial charge in [0.15, 0.2) is 0 Å². The minimum Gasteiger partial charge on any atom is -0.305 e. The summed E-state index contributed by atoms with van der Waals surface area (Å²) in [5.41, 5.74) is 3.81. The molecule has 2 aromatic carbocycles. The summed E-state index contributed by atoms with van der Waals surface area (Å²) in [7, 11) is 0. The third-order valence-electron chi connectivity index (χ3n) is 3.45. The fourth-order valence-electron chi connectivity index (χ4n) is 2.20. The van der Waals surface area contributed by atoms with Gasteiger partial charge in [-0.05, 0) is 23.5 Å². The predicted octanol–water partition coefficient (Wildman–Crippen LogP) is 4.75. The van der Waals surface area contributed by atoms with Gasteiger partial charge in [0.25, 0.3) is 0 Å². The molecule has 0 N–H and O–H groups in total. The van der Waals surface area contributed by atoms with E-state index in [1.165, 1.54) is 0 Å². The van der Waals surface area contributed by atoms with Crippen molar-refractivity contribution in [3.05, 3.63) is 116 Å². The van der Waals surface area contributed by atoms with Crippen molar-refractivity contribution in [1.82, 2.24) is 14.8 Å². The SMILES string of the molecule is C=C(c1[c-]cccc1)n1cccn1.[Ir].[c-]1ccccc1-c1ccccn1. The van der Waals surface area contributed by atoms with Gasteiger partial charge in [-0.1, -0.05) is 12.1 Å². The second-order valence-electron chi connectivity index (χ2n) is 5.16. The van der Waals surface area contributed by atoms with E-state index < -0.39 is 0 Å². The number of hydrogen-bond acceptors (Lipinski definition) is 2. The topological polar surface area (TPSA) is 30.7 Å². The van der Waals surface area contributed by atoms with Crippen LogP contribution in [0.15, 0.2) is 98.0 Å². The van der Waals surface area contributed by atoms with Crippen molar-refractivity contribution in [3.8, 4) is 11.3 Å². The van der Waals surface area contributed by atoms with E-state index in [-0.39, 0.29) is 20.1 Å². The normalized spacial score (nSPS) is 9.38. The molecule has 26 heavy (non-hydrogen) atoms. The monoisotopic (exact) mass is 516 g/mol. The third-order valence-corrected chi connectivity index (χ3v) is 3.45. The van der Waals surface area contributed by atoms with Gasteiger partial charge in [0, 0.05) is 38.7 Å². The fraction of sp³-hybridized carbons (Fsp3) is 0. The first kappa shape index (κ1) is 19.5. The van der Waals surface area contributed by atoms with E-state index in [2.05, 4.69) is 28.8 Å². The van der Waals surface area contributed by atoms with E-state index in [1.54, 1.807) is 17.1 Å². The van der Waals surface area contributed by atoms with Crippen LogP contribution in [0.5, 0.6) is 0 Å². The summed E-state index contributed by atoms with van der Waals surface area (Å²) in [5.74, 6) is 0. The predicted molar refractivity (Wildman–Crippen MR) is 100 cm³/mol. The number of nitrogens with zero attached hydrogens (tertiary/aromatic N) is 3. The van der Waals surface area contributed by atoms with Crippen molar-refractivity contribution >= 4 is 5.70 Å². The van der Waals surface area contributed by atoms with Crippen LogP contribution in [0.3, 0.4) is 0 Å². The number of rotatable bonds is 3. The maximum atomic E-state index is 4.22. The Labute approximate surface area is 167 Å². The van der Waals surface area contributed by atoms with Gasteiger partial charge in [-0.25, -0.2) is 0 Å². The molecule has 0 fully saturated rings. The van der Waals surface area contributed by atoms with Crippen molar-refractivity contribution in [2.24, 2.45) is 0 Å². The average molecular weight is 516 g/mol. The number of hydrogen-bond donors (Lipinski definition) is 0. The van der Waals surface area contributed by atoms with Crippen LogP contribution in [0.1, 0.15) is 5.56 Å². The van der Waals surface area contributed by atoms with Crippen LogP contribution >= 0.6 is 0 Å². The van der Waals surface area contributed by atoms with E-state index in [0.29, 0.717) is 0 Å². The Morgan fingerprint density at radius 2 is 1.62 bits per heavy atom. The van der Waals surface area contributed by atoms with Gasteiger partial charge >= 0.3 is 0 Å². The maximum Gasteiger partial charge on any atom is 0.0484 e. The Hall–Kier alpha value is -2.81. The zero-order chi connectivity index (χ0) is 17.3. The molecule has 0 unspecified atom stereocenters. The van der Waals surface area contributed by atoms with Crippen LogP contribution in [0, 0.1) is 12.1 Å². The molecule has 1 radical (unpaired) electrons. The van der Waals surface area contributed by atoms with Crippen LogP contribution in [0.4, 0.5) is 0 Å². The number of benzene rings is 2. The zero-order valence-corrected chi connectivity index (χ0v) is 16.4. The van der Waals surface area contributed by atoms with Crippen LogP contribution in [-0.2, 0) is 20.1 Å². The first-order valence-electron chi connectivity index (χ1n) is 7.89. The molecule has 2 heterocycles. The standard InChI is InChI=1S/C11H9N2.C11H8N.Ir/c1-10(13-9-5-8-12-13)11-6-3-2-4-7-11;1-2-6-10(7-3-1)11-8-4-5-9-12-11;/h2-6,8-9H,1H2;1-6,8-9H;/q2*-1;. The molecule has 4 rings (SSSR count). The second-order valence-corrected chi connectivity index (χ2v) is 5.16. The molecule has 0 aliphatic carbocycles. The van der Waals surface area contributed by atoms with Gasteiger partial charge in [-0.2, -0.15) is 5.10 Å². The van der Waals surface area contributed by atoms with Gasteiger partial charge in [0.05, 0.1) is 0 Å². The van der Waals surface area contributed by atoms with Gasteiger partial charge in [0.2, 0.25) is 0 Å². The van der Waals surface area contributed by atoms with Crippen molar-refractivity contribution in [3.63, 3.8) is 0 Å². The maximum absolute atomic E-state index is 4.22. The molecule has 3 nitrogen and oxygen atoms in total. The Balaban J connectivity index is 0.000000180. The summed E-state index contributed by atoms with van der Waals surface area (Å²) in [6.45, 7) is 3.94. The number of pyridine rings is 1. The second kappa shape index (κ2) is 10.2. The molecule has 0 atom stereocenters. The molecule has 0 aliphatic rings. The molecular weight excluding hydrogens is 498 g/mol. The zero-order valence-electron chi connectivity index (χ0n) is 14.0. The van der Waals surface area contributed by atoms with Crippen molar-refractivity contribution in [2.75, 3.05) is 0 Å². The van der Waals surface area contributed by atoms with Crippen molar-refractivity contribution in [1.29, 1.82) is 0 Å². The molecule has 0 amide bonds. The molecule has 0 saturated heterocycles. The smallest absolute Gasteiger partial charge is 0.0484 e. The Bertz CT molecular complexity index is 853. The molecule has 2 aromatic heterocycles. The molecule has 0 aliphatic heterocycles. The van der Waals surface area contributed by atoms with E-state index in [9.17, 15) is 0 Å². The molecule has 0 spiro atoms. The summed E-state index contributed by atoms with van der Waals surface area (Å²) >= 11 is 0. The minimum atomic E-state index is 0. The molecule has 0 saturated carbocycles. The van der Waals surface area contributed by atoms with Crippen LogP contribution in [0.25, 0.3) is 17.0 Å². The quantitative estimate of drug-likeness (QED) is 0.369. The van der Waals surface area contributed by atoms with Crippen molar-refractivity contribution in [2.45, 2.75) is 0 Å². The van der Waals surface area contributed by atoms with E-state index in [1.807, 2.05) is 79.0 Å². The summed E-state index contributed by atoms with van der Waals surface area (Å²) < 4.78 is 1.73. The Morgan fingerprint density at radius 3 is 2.19 bits per heavy atom. The fourth-order valence-corrected chi connectivity index (χ4v) is 2.20. The van der Waals surface area contributed by atoms with Crippen LogP contribution in [-0.4, -0.2) is 14.8 Å². The summed E-state index contributed by atoms with van der Waals surface area (Å²) in [6, 6.07) is 29.5. The summed E-state index contributed by atoms with van der Waals surface area (Å²) in [6.07, 6.45) is 5.38. The van der Waals surface area contributed by atoms with E-state index >= 15 is 0 Å². The molecule has 0 bridgehead atoms.